The van der Waals surface area contributed by atoms with Crippen molar-refractivity contribution in [3.8, 4) is 5.75 Å². The van der Waals surface area contributed by atoms with E-state index >= 15 is 0 Å². The highest BCUT2D eigenvalue weighted by Gasteiger charge is 2.16. The van der Waals surface area contributed by atoms with E-state index < -0.39 is 0 Å². The highest BCUT2D eigenvalue weighted by Crippen LogP contribution is 2.29. The van der Waals surface area contributed by atoms with Crippen LogP contribution in [0.15, 0.2) is 53.1 Å². The summed E-state index contributed by atoms with van der Waals surface area (Å²) in [5, 5.41) is 5.75. The predicted molar refractivity (Wildman–Crippen MR) is 84.8 cm³/mol. The molecule has 0 spiro atoms. The van der Waals surface area contributed by atoms with Crippen LogP contribution in [0, 0.1) is 6.92 Å². The monoisotopic (exact) mass is 281 g/mol. The van der Waals surface area contributed by atoms with E-state index in [0.717, 1.165) is 11.5 Å². The molecule has 3 aromatic rings. The van der Waals surface area contributed by atoms with Gasteiger partial charge in [0.15, 0.2) is 0 Å². The molecule has 1 atom stereocenters. The molecular formula is C18H19NO2. The lowest BCUT2D eigenvalue weighted by atomic mass is 9.96. The van der Waals surface area contributed by atoms with Gasteiger partial charge in [-0.15, -0.1) is 0 Å². The first kappa shape index (κ1) is 13.7. The molecule has 0 saturated carbocycles. The first-order chi connectivity index (χ1) is 10.2. The normalized spacial score (nSPS) is 12.5. The van der Waals surface area contributed by atoms with Gasteiger partial charge in [-0.2, -0.15) is 0 Å². The lowest BCUT2D eigenvalue weighted by molar-refractivity contribution is 0.415. The van der Waals surface area contributed by atoms with Crippen LogP contribution in [0.25, 0.3) is 10.8 Å². The highest BCUT2D eigenvalue weighted by molar-refractivity contribution is 5.84. The molecule has 108 valence electrons. The summed E-state index contributed by atoms with van der Waals surface area (Å²) in [6, 6.07) is 14.8. The second-order valence-electron chi connectivity index (χ2n) is 5.13. The van der Waals surface area contributed by atoms with Crippen molar-refractivity contribution >= 4 is 10.8 Å². The predicted octanol–water partition coefficient (Wildman–Crippen LogP) is 4.06. The van der Waals surface area contributed by atoms with Crippen molar-refractivity contribution in [1.82, 2.24) is 5.32 Å². The minimum atomic E-state index is 0.134. The Kier molecular flexibility index (Phi) is 3.67. The Bertz CT molecular complexity index is 761. The maximum Gasteiger partial charge on any atom is 0.119 e. The van der Waals surface area contributed by atoms with Gasteiger partial charge in [0.25, 0.3) is 0 Å². The maximum absolute atomic E-state index is 5.43. The van der Waals surface area contributed by atoms with Gasteiger partial charge >= 0.3 is 0 Å². The van der Waals surface area contributed by atoms with Crippen LogP contribution in [0.4, 0.5) is 0 Å². The van der Waals surface area contributed by atoms with E-state index in [1.807, 2.05) is 26.1 Å². The number of nitrogens with one attached hydrogen (secondary N) is 1. The average Bonchev–Trinajstić information content (AvgIpc) is 2.93. The van der Waals surface area contributed by atoms with Crippen LogP contribution in [0.1, 0.15) is 22.9 Å². The fourth-order valence-corrected chi connectivity index (χ4v) is 2.74. The third kappa shape index (κ3) is 2.52. The molecule has 1 N–H and O–H groups in total. The fraction of sp³-hybridized carbons (Fsp3) is 0.222. The van der Waals surface area contributed by atoms with Gasteiger partial charge in [-0.05, 0) is 54.6 Å². The first-order valence-corrected chi connectivity index (χ1v) is 7.02. The van der Waals surface area contributed by atoms with E-state index in [1.54, 1.807) is 13.4 Å². The molecule has 2 aromatic carbocycles. The van der Waals surface area contributed by atoms with E-state index in [2.05, 4.69) is 35.6 Å². The Hall–Kier alpha value is -2.26. The largest absolute Gasteiger partial charge is 0.497 e. The molecule has 0 aliphatic carbocycles. The molecule has 3 heteroatoms. The van der Waals surface area contributed by atoms with E-state index in [4.69, 9.17) is 9.15 Å². The zero-order chi connectivity index (χ0) is 14.8. The maximum atomic E-state index is 5.43. The third-order valence-electron chi connectivity index (χ3n) is 3.90. The van der Waals surface area contributed by atoms with E-state index in [9.17, 15) is 0 Å². The van der Waals surface area contributed by atoms with Gasteiger partial charge in [-0.3, -0.25) is 0 Å². The minimum Gasteiger partial charge on any atom is -0.497 e. The van der Waals surface area contributed by atoms with Crippen molar-refractivity contribution in [1.29, 1.82) is 0 Å². The summed E-state index contributed by atoms with van der Waals surface area (Å²) in [7, 11) is 3.66. The number of ether oxygens (including phenoxy) is 1. The molecule has 1 unspecified atom stereocenters. The van der Waals surface area contributed by atoms with Gasteiger partial charge in [-0.1, -0.05) is 18.2 Å². The number of aryl methyl sites for hydroxylation is 1. The van der Waals surface area contributed by atoms with Gasteiger partial charge in [0.1, 0.15) is 11.5 Å². The summed E-state index contributed by atoms with van der Waals surface area (Å²) in [6.07, 6.45) is 1.74. The summed E-state index contributed by atoms with van der Waals surface area (Å²) in [4.78, 5) is 0. The van der Waals surface area contributed by atoms with E-state index in [0.29, 0.717) is 0 Å². The Balaban J connectivity index is 2.05. The highest BCUT2D eigenvalue weighted by atomic mass is 16.5. The summed E-state index contributed by atoms with van der Waals surface area (Å²) >= 11 is 0. The molecule has 0 radical (unpaired) electrons. The Morgan fingerprint density at radius 3 is 2.48 bits per heavy atom. The van der Waals surface area contributed by atoms with Crippen LogP contribution in [-0.4, -0.2) is 14.2 Å². The van der Waals surface area contributed by atoms with Crippen molar-refractivity contribution in [3.63, 3.8) is 0 Å². The number of hydrogen-bond acceptors (Lipinski definition) is 3. The third-order valence-corrected chi connectivity index (χ3v) is 3.90. The second kappa shape index (κ2) is 5.62. The number of rotatable bonds is 4. The number of benzene rings is 2. The number of furan rings is 1. The van der Waals surface area contributed by atoms with Gasteiger partial charge < -0.3 is 14.5 Å². The van der Waals surface area contributed by atoms with Gasteiger partial charge in [-0.25, -0.2) is 0 Å². The first-order valence-electron chi connectivity index (χ1n) is 7.02. The zero-order valence-electron chi connectivity index (χ0n) is 12.5. The Morgan fingerprint density at radius 2 is 1.81 bits per heavy atom. The summed E-state index contributed by atoms with van der Waals surface area (Å²) in [5.41, 5.74) is 2.39. The number of fused-ring (bicyclic) bond motifs is 1. The van der Waals surface area contributed by atoms with Crippen LogP contribution < -0.4 is 10.1 Å². The summed E-state index contributed by atoms with van der Waals surface area (Å²) < 4.78 is 10.7. The molecule has 21 heavy (non-hydrogen) atoms. The minimum absolute atomic E-state index is 0.134. The number of hydrogen-bond donors (Lipinski definition) is 1. The lowest BCUT2D eigenvalue weighted by Gasteiger charge is -2.17. The standard InChI is InChI=1S/C18H19NO2/c1-12-17(8-9-21-12)18(19-2)15-5-4-14-11-16(20-3)7-6-13(14)10-15/h4-11,18-19H,1-3H3. The van der Waals surface area contributed by atoms with Crippen molar-refractivity contribution < 1.29 is 9.15 Å². The molecular weight excluding hydrogens is 262 g/mol. The zero-order valence-corrected chi connectivity index (χ0v) is 12.5. The SMILES string of the molecule is CNC(c1ccc2cc(OC)ccc2c1)c1ccoc1C. The Morgan fingerprint density at radius 1 is 1.05 bits per heavy atom. The molecule has 0 fully saturated rings. The van der Waals surface area contributed by atoms with Gasteiger partial charge in [0.2, 0.25) is 0 Å². The fourth-order valence-electron chi connectivity index (χ4n) is 2.74. The molecule has 0 amide bonds. The average molecular weight is 281 g/mol. The molecule has 1 heterocycles. The van der Waals surface area contributed by atoms with E-state index in [-0.39, 0.29) is 6.04 Å². The molecule has 1 aromatic heterocycles. The quantitative estimate of drug-likeness (QED) is 0.783. The van der Waals surface area contributed by atoms with Crippen molar-refractivity contribution in [2.24, 2.45) is 0 Å². The van der Waals surface area contributed by atoms with Crippen molar-refractivity contribution in [3.05, 3.63) is 65.6 Å². The molecule has 3 rings (SSSR count). The van der Waals surface area contributed by atoms with Crippen LogP contribution >= 0.6 is 0 Å². The lowest BCUT2D eigenvalue weighted by Crippen LogP contribution is -2.17. The molecule has 0 aliphatic rings. The van der Waals surface area contributed by atoms with Crippen molar-refractivity contribution in [2.75, 3.05) is 14.2 Å². The smallest absolute Gasteiger partial charge is 0.119 e. The molecule has 0 saturated heterocycles. The van der Waals surface area contributed by atoms with Gasteiger partial charge in [0, 0.05) is 5.56 Å². The van der Waals surface area contributed by atoms with Crippen LogP contribution in [0.3, 0.4) is 0 Å². The number of methoxy groups -OCH3 is 1. The Labute approximate surface area is 124 Å². The summed E-state index contributed by atoms with van der Waals surface area (Å²) in [6.45, 7) is 1.99. The van der Waals surface area contributed by atoms with Crippen molar-refractivity contribution in [2.45, 2.75) is 13.0 Å². The van der Waals surface area contributed by atoms with Crippen LogP contribution in [0.2, 0.25) is 0 Å². The van der Waals surface area contributed by atoms with Crippen LogP contribution in [-0.2, 0) is 0 Å². The molecule has 0 aliphatic heterocycles. The van der Waals surface area contributed by atoms with E-state index in [1.165, 1.54) is 21.9 Å². The van der Waals surface area contributed by atoms with Crippen LogP contribution in [0.5, 0.6) is 5.75 Å². The van der Waals surface area contributed by atoms with Gasteiger partial charge in [0.05, 0.1) is 19.4 Å². The topological polar surface area (TPSA) is 34.4 Å². The summed E-state index contributed by atoms with van der Waals surface area (Å²) in [5.74, 6) is 1.83. The molecule has 3 nitrogen and oxygen atoms in total. The second-order valence-corrected chi connectivity index (χ2v) is 5.13. The molecule has 0 bridgehead atoms.